The molecule has 2 amide bonds. The van der Waals surface area contributed by atoms with Crippen molar-refractivity contribution in [1.82, 2.24) is 4.90 Å². The van der Waals surface area contributed by atoms with Crippen molar-refractivity contribution in [1.29, 1.82) is 0 Å². The molecule has 2 heterocycles. The quantitative estimate of drug-likeness (QED) is 0.498. The first kappa shape index (κ1) is 9.08. The molecule has 5 heteroatoms. The van der Waals surface area contributed by atoms with Crippen LogP contribution in [0.3, 0.4) is 0 Å². The second-order valence-corrected chi connectivity index (χ2v) is 3.67. The average molecular weight is 217 g/mol. The highest BCUT2D eigenvalue weighted by molar-refractivity contribution is 6.22. The molecule has 0 unspecified atom stereocenters. The van der Waals surface area contributed by atoms with Gasteiger partial charge in [-0.25, -0.2) is 4.79 Å². The van der Waals surface area contributed by atoms with Crippen LogP contribution in [0.25, 0.3) is 0 Å². The van der Waals surface area contributed by atoms with Gasteiger partial charge in [0.2, 0.25) is 0 Å². The van der Waals surface area contributed by atoms with Gasteiger partial charge in [0.25, 0.3) is 11.8 Å². The van der Waals surface area contributed by atoms with Gasteiger partial charge in [-0.1, -0.05) is 12.1 Å². The first-order chi connectivity index (χ1) is 7.70. The van der Waals surface area contributed by atoms with Gasteiger partial charge < -0.3 is 4.74 Å². The minimum atomic E-state index is -0.743. The normalized spacial score (nSPS) is 22.9. The van der Waals surface area contributed by atoms with Crippen molar-refractivity contribution >= 4 is 17.8 Å². The minimum absolute atomic E-state index is 0.101. The van der Waals surface area contributed by atoms with Crippen LogP contribution in [0.5, 0.6) is 0 Å². The molecule has 80 valence electrons. The first-order valence-electron chi connectivity index (χ1n) is 4.83. The van der Waals surface area contributed by atoms with E-state index < -0.39 is 23.8 Å². The zero-order chi connectivity index (χ0) is 11.3. The molecule has 0 aromatic heterocycles. The van der Waals surface area contributed by atoms with Crippen molar-refractivity contribution in [3.8, 4) is 0 Å². The van der Waals surface area contributed by atoms with Crippen LogP contribution in [0.2, 0.25) is 0 Å². The summed E-state index contributed by atoms with van der Waals surface area (Å²) in [6.07, 6.45) is 0. The van der Waals surface area contributed by atoms with Crippen molar-refractivity contribution in [2.75, 3.05) is 6.61 Å². The number of esters is 1. The second-order valence-electron chi connectivity index (χ2n) is 3.67. The smallest absolute Gasteiger partial charge is 0.333 e. The number of cyclic esters (lactones) is 1. The molecule has 1 aromatic carbocycles. The summed E-state index contributed by atoms with van der Waals surface area (Å²) in [7, 11) is 0. The molecule has 1 fully saturated rings. The largest absolute Gasteiger partial charge is 0.461 e. The van der Waals surface area contributed by atoms with Gasteiger partial charge in [0, 0.05) is 0 Å². The lowest BCUT2D eigenvalue weighted by Crippen LogP contribution is -2.55. The summed E-state index contributed by atoms with van der Waals surface area (Å²) < 4.78 is 4.57. The molecule has 0 bridgehead atoms. The van der Waals surface area contributed by atoms with Gasteiger partial charge in [-0.05, 0) is 12.1 Å². The number of benzene rings is 1. The fourth-order valence-corrected chi connectivity index (χ4v) is 1.90. The summed E-state index contributed by atoms with van der Waals surface area (Å²) >= 11 is 0. The molecule has 16 heavy (non-hydrogen) atoms. The number of rotatable bonds is 1. The van der Waals surface area contributed by atoms with E-state index in [-0.39, 0.29) is 6.61 Å². The van der Waals surface area contributed by atoms with E-state index in [0.717, 1.165) is 4.90 Å². The first-order valence-corrected chi connectivity index (χ1v) is 4.83. The van der Waals surface area contributed by atoms with Crippen LogP contribution >= 0.6 is 0 Å². The number of fused-ring (bicyclic) bond motifs is 1. The number of carbonyl (C=O) groups is 3. The number of imide groups is 1. The molecule has 2 aliphatic heterocycles. The van der Waals surface area contributed by atoms with Gasteiger partial charge in [0.15, 0.2) is 6.04 Å². The lowest BCUT2D eigenvalue weighted by Gasteiger charge is -2.30. The van der Waals surface area contributed by atoms with E-state index in [1.165, 1.54) is 0 Å². The van der Waals surface area contributed by atoms with Crippen LogP contribution in [0.15, 0.2) is 24.3 Å². The molecule has 1 aromatic rings. The summed E-state index contributed by atoms with van der Waals surface area (Å²) in [5.74, 6) is -1.35. The summed E-state index contributed by atoms with van der Waals surface area (Å²) in [5.41, 5.74) is 0.708. The van der Waals surface area contributed by atoms with Crippen LogP contribution in [0, 0.1) is 0 Å². The topological polar surface area (TPSA) is 63.7 Å². The van der Waals surface area contributed by atoms with E-state index in [1.54, 1.807) is 24.3 Å². The van der Waals surface area contributed by atoms with Crippen molar-refractivity contribution in [2.45, 2.75) is 6.04 Å². The van der Waals surface area contributed by atoms with E-state index in [9.17, 15) is 14.4 Å². The third-order valence-electron chi connectivity index (χ3n) is 2.79. The molecule has 1 atom stereocenters. The Kier molecular flexibility index (Phi) is 1.65. The molecule has 0 spiro atoms. The highest BCUT2D eigenvalue weighted by Gasteiger charge is 2.47. The maximum atomic E-state index is 11.9. The molecule has 1 saturated heterocycles. The molecule has 0 aliphatic carbocycles. The van der Waals surface area contributed by atoms with Gasteiger partial charge in [-0.3, -0.25) is 14.5 Å². The number of hydrogen-bond acceptors (Lipinski definition) is 4. The standard InChI is InChI=1S/C11H7NO4/c13-9-6-3-1-2-4-7(6)10(14)12(9)8-5-16-11(8)15/h1-4,8H,5H2/t8-/m1/s1. The number of hydrogen-bond donors (Lipinski definition) is 0. The molecular weight excluding hydrogens is 210 g/mol. The fraction of sp³-hybridized carbons (Fsp3) is 0.182. The molecule has 5 nitrogen and oxygen atoms in total. The molecule has 2 aliphatic rings. The van der Waals surface area contributed by atoms with Gasteiger partial charge >= 0.3 is 5.97 Å². The van der Waals surface area contributed by atoms with E-state index in [1.807, 2.05) is 0 Å². The van der Waals surface area contributed by atoms with Crippen molar-refractivity contribution < 1.29 is 19.1 Å². The van der Waals surface area contributed by atoms with E-state index in [4.69, 9.17) is 0 Å². The van der Waals surface area contributed by atoms with Crippen LogP contribution in [0.1, 0.15) is 20.7 Å². The molecular formula is C11H7NO4. The van der Waals surface area contributed by atoms with Gasteiger partial charge in [-0.2, -0.15) is 0 Å². The zero-order valence-corrected chi connectivity index (χ0v) is 8.17. The highest BCUT2D eigenvalue weighted by Crippen LogP contribution is 2.27. The number of ether oxygens (including phenoxy) is 1. The second kappa shape index (κ2) is 2.91. The summed E-state index contributed by atoms with van der Waals surface area (Å²) in [6, 6.07) is 5.80. The average Bonchev–Trinajstić information content (AvgIpc) is 2.54. The van der Waals surface area contributed by atoms with Crippen LogP contribution < -0.4 is 0 Å². The number of carbonyl (C=O) groups excluding carboxylic acids is 3. The number of amides is 2. The Bertz CT molecular complexity index is 487. The summed E-state index contributed by atoms with van der Waals surface area (Å²) in [6.45, 7) is 0.101. The summed E-state index contributed by atoms with van der Waals surface area (Å²) in [4.78, 5) is 35.8. The van der Waals surface area contributed by atoms with E-state index >= 15 is 0 Å². The third kappa shape index (κ3) is 0.970. The molecule has 0 N–H and O–H groups in total. The van der Waals surface area contributed by atoms with Crippen LogP contribution in [-0.4, -0.2) is 35.3 Å². The van der Waals surface area contributed by atoms with Gasteiger partial charge in [-0.15, -0.1) is 0 Å². The zero-order valence-electron chi connectivity index (χ0n) is 8.17. The Morgan fingerprint density at radius 1 is 1.06 bits per heavy atom. The monoisotopic (exact) mass is 217 g/mol. The fourth-order valence-electron chi connectivity index (χ4n) is 1.90. The Morgan fingerprint density at radius 2 is 1.62 bits per heavy atom. The van der Waals surface area contributed by atoms with Crippen molar-refractivity contribution in [2.24, 2.45) is 0 Å². The highest BCUT2D eigenvalue weighted by atomic mass is 16.6. The maximum Gasteiger partial charge on any atom is 0.333 e. The molecule has 0 radical (unpaired) electrons. The Morgan fingerprint density at radius 3 is 2.00 bits per heavy atom. The Labute approximate surface area is 90.6 Å². The SMILES string of the molecule is O=C1OC[C@H]1N1C(=O)c2ccccc2C1=O. The van der Waals surface area contributed by atoms with Crippen LogP contribution in [-0.2, 0) is 9.53 Å². The minimum Gasteiger partial charge on any atom is -0.461 e. The lowest BCUT2D eigenvalue weighted by molar-refractivity contribution is -0.167. The Balaban J connectivity index is 2.04. The van der Waals surface area contributed by atoms with Crippen molar-refractivity contribution in [3.63, 3.8) is 0 Å². The van der Waals surface area contributed by atoms with Crippen LogP contribution in [0.4, 0.5) is 0 Å². The number of nitrogens with zero attached hydrogens (tertiary/aromatic N) is 1. The molecule has 0 saturated carbocycles. The van der Waals surface area contributed by atoms with E-state index in [0.29, 0.717) is 11.1 Å². The predicted molar refractivity (Wildman–Crippen MR) is 51.7 cm³/mol. The Hall–Kier alpha value is -2.17. The predicted octanol–water partition coefficient (Wildman–Crippen LogP) is 0.208. The lowest BCUT2D eigenvalue weighted by atomic mass is 10.1. The third-order valence-corrected chi connectivity index (χ3v) is 2.79. The maximum absolute atomic E-state index is 11.9. The molecule has 3 rings (SSSR count). The van der Waals surface area contributed by atoms with Gasteiger partial charge in [0.1, 0.15) is 6.61 Å². The van der Waals surface area contributed by atoms with Crippen molar-refractivity contribution in [3.05, 3.63) is 35.4 Å². The summed E-state index contributed by atoms with van der Waals surface area (Å²) in [5, 5.41) is 0. The van der Waals surface area contributed by atoms with Gasteiger partial charge in [0.05, 0.1) is 11.1 Å². The van der Waals surface area contributed by atoms with E-state index in [2.05, 4.69) is 4.74 Å².